The summed E-state index contributed by atoms with van der Waals surface area (Å²) >= 11 is 7.44. The molecule has 2 rings (SSSR count). The number of benzene rings is 2. The summed E-state index contributed by atoms with van der Waals surface area (Å²) in [5.74, 6) is -1.05. The molecule has 0 aromatic heterocycles. The Bertz CT molecular complexity index is 719. The Morgan fingerprint density at radius 2 is 1.91 bits per heavy atom. The second kappa shape index (κ2) is 7.89. The van der Waals surface area contributed by atoms with Crippen LogP contribution >= 0.6 is 23.4 Å². The first-order valence-corrected chi connectivity index (χ1v) is 8.19. The Kier molecular flexibility index (Phi) is 5.90. The molecule has 0 radical (unpaired) electrons. The van der Waals surface area contributed by atoms with E-state index in [2.05, 4.69) is 5.32 Å². The van der Waals surface area contributed by atoms with Gasteiger partial charge in [0.2, 0.25) is 0 Å². The summed E-state index contributed by atoms with van der Waals surface area (Å²) < 4.78 is 4.97. The van der Waals surface area contributed by atoms with E-state index < -0.39 is 18.5 Å². The molecule has 0 aliphatic rings. The quantitative estimate of drug-likeness (QED) is 0.489. The molecule has 0 fully saturated rings. The largest absolute Gasteiger partial charge is 0.508 e. The molecule has 120 valence electrons. The number of thioether (sulfide) groups is 1. The molecule has 0 saturated heterocycles. The van der Waals surface area contributed by atoms with E-state index >= 15 is 0 Å². The number of esters is 1. The van der Waals surface area contributed by atoms with Crippen LogP contribution in [0.3, 0.4) is 0 Å². The third-order valence-electron chi connectivity index (χ3n) is 2.88. The van der Waals surface area contributed by atoms with Crippen molar-refractivity contribution in [2.75, 3.05) is 18.2 Å². The van der Waals surface area contributed by atoms with Crippen LogP contribution in [0, 0.1) is 0 Å². The van der Waals surface area contributed by atoms with E-state index in [1.807, 2.05) is 6.26 Å². The SMILES string of the molecule is CSc1ccc(Cl)c(C(=O)OCC(=O)Nc2ccc(O)cc2)c1. The summed E-state index contributed by atoms with van der Waals surface area (Å²) in [5, 5.41) is 12.0. The number of aromatic hydroxyl groups is 1. The maximum Gasteiger partial charge on any atom is 0.340 e. The van der Waals surface area contributed by atoms with Crippen LogP contribution in [0.2, 0.25) is 5.02 Å². The number of ether oxygens (including phenoxy) is 1. The van der Waals surface area contributed by atoms with Crippen LogP contribution in [-0.2, 0) is 9.53 Å². The highest BCUT2D eigenvalue weighted by atomic mass is 35.5. The summed E-state index contributed by atoms with van der Waals surface area (Å²) in [4.78, 5) is 24.6. The maximum atomic E-state index is 12.0. The molecule has 23 heavy (non-hydrogen) atoms. The van der Waals surface area contributed by atoms with Crippen molar-refractivity contribution in [3.05, 3.63) is 53.1 Å². The molecule has 0 saturated carbocycles. The van der Waals surface area contributed by atoms with Gasteiger partial charge in [-0.1, -0.05) is 11.6 Å². The van der Waals surface area contributed by atoms with Crippen molar-refractivity contribution >= 4 is 40.9 Å². The third-order valence-corrected chi connectivity index (χ3v) is 3.93. The molecule has 0 bridgehead atoms. The van der Waals surface area contributed by atoms with Crippen molar-refractivity contribution in [2.45, 2.75) is 4.90 Å². The second-order valence-electron chi connectivity index (χ2n) is 4.52. The lowest BCUT2D eigenvalue weighted by Crippen LogP contribution is -2.21. The van der Waals surface area contributed by atoms with E-state index in [1.54, 1.807) is 18.2 Å². The van der Waals surface area contributed by atoms with Crippen LogP contribution in [0.5, 0.6) is 5.75 Å². The van der Waals surface area contributed by atoms with Gasteiger partial charge in [0.05, 0.1) is 10.6 Å². The number of nitrogens with one attached hydrogen (secondary N) is 1. The first-order chi connectivity index (χ1) is 11.0. The van der Waals surface area contributed by atoms with Gasteiger partial charge in [0.25, 0.3) is 5.91 Å². The highest BCUT2D eigenvalue weighted by molar-refractivity contribution is 7.98. The highest BCUT2D eigenvalue weighted by Gasteiger charge is 2.14. The van der Waals surface area contributed by atoms with Crippen molar-refractivity contribution in [2.24, 2.45) is 0 Å². The predicted octanol–water partition coefficient (Wildman–Crippen LogP) is 3.56. The van der Waals surface area contributed by atoms with Crippen LogP contribution in [0.4, 0.5) is 5.69 Å². The van der Waals surface area contributed by atoms with E-state index in [1.165, 1.54) is 36.0 Å². The number of hydrogen-bond donors (Lipinski definition) is 2. The van der Waals surface area contributed by atoms with Gasteiger partial charge in [0, 0.05) is 10.6 Å². The molecule has 1 amide bonds. The van der Waals surface area contributed by atoms with Gasteiger partial charge >= 0.3 is 5.97 Å². The van der Waals surface area contributed by atoms with Crippen LogP contribution in [0.25, 0.3) is 0 Å². The van der Waals surface area contributed by atoms with Crippen LogP contribution in [0.15, 0.2) is 47.4 Å². The molecule has 5 nitrogen and oxygen atoms in total. The number of amides is 1. The van der Waals surface area contributed by atoms with Gasteiger partial charge in [-0.15, -0.1) is 11.8 Å². The maximum absolute atomic E-state index is 12.0. The van der Waals surface area contributed by atoms with Gasteiger partial charge in [0.15, 0.2) is 6.61 Å². The van der Waals surface area contributed by atoms with Crippen molar-refractivity contribution in [1.29, 1.82) is 0 Å². The molecule has 0 aliphatic heterocycles. The lowest BCUT2D eigenvalue weighted by Gasteiger charge is -2.08. The number of rotatable bonds is 5. The van der Waals surface area contributed by atoms with E-state index in [-0.39, 0.29) is 16.3 Å². The Labute approximate surface area is 142 Å². The number of hydrogen-bond acceptors (Lipinski definition) is 5. The first kappa shape index (κ1) is 17.2. The second-order valence-corrected chi connectivity index (χ2v) is 5.80. The zero-order chi connectivity index (χ0) is 16.8. The average molecular weight is 352 g/mol. The van der Waals surface area contributed by atoms with E-state index in [4.69, 9.17) is 21.4 Å². The zero-order valence-electron chi connectivity index (χ0n) is 12.2. The van der Waals surface area contributed by atoms with Gasteiger partial charge in [-0.3, -0.25) is 4.79 Å². The number of anilines is 1. The number of halogens is 1. The smallest absolute Gasteiger partial charge is 0.340 e. The van der Waals surface area contributed by atoms with Gasteiger partial charge < -0.3 is 15.2 Å². The Morgan fingerprint density at radius 3 is 2.57 bits per heavy atom. The minimum atomic E-state index is -0.660. The number of phenols is 1. The van der Waals surface area contributed by atoms with E-state index in [9.17, 15) is 9.59 Å². The van der Waals surface area contributed by atoms with Crippen molar-refractivity contribution in [3.8, 4) is 5.75 Å². The minimum Gasteiger partial charge on any atom is -0.508 e. The molecule has 0 aliphatic carbocycles. The fraction of sp³-hybridized carbons (Fsp3) is 0.125. The van der Waals surface area contributed by atoms with Crippen LogP contribution < -0.4 is 5.32 Å². The van der Waals surface area contributed by atoms with Gasteiger partial charge in [-0.05, 0) is 48.7 Å². The molecule has 2 N–H and O–H groups in total. The Balaban J connectivity index is 1.93. The molecular formula is C16H14ClNO4S. The normalized spacial score (nSPS) is 10.2. The monoisotopic (exact) mass is 351 g/mol. The molecule has 0 unspecified atom stereocenters. The zero-order valence-corrected chi connectivity index (χ0v) is 13.8. The molecule has 0 spiro atoms. The number of phenolic OH excluding ortho intramolecular Hbond substituents is 1. The summed E-state index contributed by atoms with van der Waals surface area (Å²) in [6.07, 6.45) is 1.88. The Morgan fingerprint density at radius 1 is 1.22 bits per heavy atom. The van der Waals surface area contributed by atoms with Gasteiger partial charge in [-0.25, -0.2) is 4.79 Å². The third kappa shape index (κ3) is 4.91. The van der Waals surface area contributed by atoms with Crippen molar-refractivity contribution < 1.29 is 19.4 Å². The van der Waals surface area contributed by atoms with Crippen molar-refractivity contribution in [3.63, 3.8) is 0 Å². The molecular weight excluding hydrogens is 338 g/mol. The molecule has 2 aromatic rings. The standard InChI is InChI=1S/C16H14ClNO4S/c1-23-12-6-7-14(17)13(8-12)16(21)22-9-15(20)18-10-2-4-11(19)5-3-10/h2-8,19H,9H2,1H3,(H,18,20). The average Bonchev–Trinajstić information content (AvgIpc) is 2.55. The highest BCUT2D eigenvalue weighted by Crippen LogP contribution is 2.23. The fourth-order valence-electron chi connectivity index (χ4n) is 1.74. The van der Waals surface area contributed by atoms with E-state index in [0.29, 0.717) is 5.69 Å². The summed E-state index contributed by atoms with van der Waals surface area (Å²) in [6.45, 7) is -0.431. The lowest BCUT2D eigenvalue weighted by molar-refractivity contribution is -0.119. The van der Waals surface area contributed by atoms with Crippen LogP contribution in [-0.4, -0.2) is 29.8 Å². The van der Waals surface area contributed by atoms with E-state index in [0.717, 1.165) is 4.90 Å². The minimum absolute atomic E-state index is 0.0951. The summed E-state index contributed by atoms with van der Waals surface area (Å²) in [6, 6.07) is 11.0. The molecule has 7 heteroatoms. The van der Waals surface area contributed by atoms with Crippen molar-refractivity contribution in [1.82, 2.24) is 0 Å². The fourth-order valence-corrected chi connectivity index (χ4v) is 2.37. The number of carbonyl (C=O) groups is 2. The Hall–Kier alpha value is -2.18. The first-order valence-electron chi connectivity index (χ1n) is 6.59. The molecule has 0 atom stereocenters. The topological polar surface area (TPSA) is 75.6 Å². The summed E-state index contributed by atoms with van der Waals surface area (Å²) in [7, 11) is 0. The van der Waals surface area contributed by atoms with Gasteiger partial charge in [0.1, 0.15) is 5.75 Å². The molecule has 0 heterocycles. The number of carbonyl (C=O) groups excluding carboxylic acids is 2. The van der Waals surface area contributed by atoms with Crippen LogP contribution in [0.1, 0.15) is 10.4 Å². The lowest BCUT2D eigenvalue weighted by atomic mass is 10.2. The summed E-state index contributed by atoms with van der Waals surface area (Å²) in [5.41, 5.74) is 0.710. The van der Waals surface area contributed by atoms with Gasteiger partial charge in [-0.2, -0.15) is 0 Å². The predicted molar refractivity (Wildman–Crippen MR) is 90.3 cm³/mol. The molecule has 2 aromatic carbocycles.